The molecular formula is C15H13N3OS. The molecule has 0 fully saturated rings. The summed E-state index contributed by atoms with van der Waals surface area (Å²) in [6, 6.07) is 15.7. The van der Waals surface area contributed by atoms with E-state index < -0.39 is 0 Å². The predicted molar refractivity (Wildman–Crippen MR) is 81.1 cm³/mol. The van der Waals surface area contributed by atoms with Crippen LogP contribution in [0.4, 0.5) is 5.95 Å². The third-order valence-electron chi connectivity index (χ3n) is 2.86. The molecule has 5 heteroatoms. The molecule has 0 bridgehead atoms. The zero-order valence-electron chi connectivity index (χ0n) is 10.9. The van der Waals surface area contributed by atoms with Crippen LogP contribution in [0.25, 0.3) is 10.9 Å². The Morgan fingerprint density at radius 3 is 2.50 bits per heavy atom. The van der Waals surface area contributed by atoms with Crippen LogP contribution in [0.2, 0.25) is 0 Å². The van der Waals surface area contributed by atoms with E-state index in [1.165, 1.54) is 0 Å². The summed E-state index contributed by atoms with van der Waals surface area (Å²) >= 11 is 1.56. The lowest BCUT2D eigenvalue weighted by Crippen LogP contribution is -1.97. The van der Waals surface area contributed by atoms with Crippen molar-refractivity contribution in [1.82, 2.24) is 9.97 Å². The summed E-state index contributed by atoms with van der Waals surface area (Å²) in [6.07, 6.45) is 0. The Kier molecular flexibility index (Phi) is 3.43. The molecule has 3 aromatic rings. The number of nitrogen functional groups attached to an aromatic ring is 1. The van der Waals surface area contributed by atoms with E-state index in [2.05, 4.69) is 9.97 Å². The maximum Gasteiger partial charge on any atom is 0.221 e. The maximum absolute atomic E-state index is 5.77. The topological polar surface area (TPSA) is 61.0 Å². The van der Waals surface area contributed by atoms with Crippen LogP contribution in [-0.2, 0) is 0 Å². The molecule has 2 N–H and O–H groups in total. The number of anilines is 1. The number of hydrogen-bond donors (Lipinski definition) is 1. The Labute approximate surface area is 121 Å². The van der Waals surface area contributed by atoms with Crippen molar-refractivity contribution in [3.05, 3.63) is 48.5 Å². The summed E-state index contributed by atoms with van der Waals surface area (Å²) in [4.78, 5) is 9.65. The van der Waals surface area contributed by atoms with Crippen LogP contribution >= 0.6 is 11.8 Å². The number of benzene rings is 2. The van der Waals surface area contributed by atoms with E-state index in [1.54, 1.807) is 18.9 Å². The van der Waals surface area contributed by atoms with Crippen molar-refractivity contribution in [2.75, 3.05) is 12.8 Å². The molecule has 2 aromatic carbocycles. The monoisotopic (exact) mass is 283 g/mol. The number of nitrogens with two attached hydrogens (primary N) is 1. The standard InChI is InChI=1S/C15H13N3OS/c1-19-10-6-8-11(9-7-10)20-14-12-4-2-3-5-13(12)17-15(16)18-14/h2-9H,1H3,(H2,16,17,18). The number of fused-ring (bicyclic) bond motifs is 1. The van der Waals surface area contributed by atoms with Crippen LogP contribution in [-0.4, -0.2) is 17.1 Å². The van der Waals surface area contributed by atoms with Gasteiger partial charge >= 0.3 is 0 Å². The van der Waals surface area contributed by atoms with Gasteiger partial charge in [-0.25, -0.2) is 9.97 Å². The highest BCUT2D eigenvalue weighted by Crippen LogP contribution is 2.32. The maximum atomic E-state index is 5.77. The largest absolute Gasteiger partial charge is 0.497 e. The van der Waals surface area contributed by atoms with Gasteiger partial charge in [0.2, 0.25) is 5.95 Å². The zero-order valence-corrected chi connectivity index (χ0v) is 11.7. The van der Waals surface area contributed by atoms with E-state index in [9.17, 15) is 0 Å². The van der Waals surface area contributed by atoms with E-state index in [1.807, 2.05) is 48.5 Å². The van der Waals surface area contributed by atoms with Gasteiger partial charge in [0.25, 0.3) is 0 Å². The van der Waals surface area contributed by atoms with Crippen LogP contribution in [0.3, 0.4) is 0 Å². The Balaban J connectivity index is 2.01. The normalized spacial score (nSPS) is 10.7. The summed E-state index contributed by atoms with van der Waals surface area (Å²) in [5.74, 6) is 1.13. The highest BCUT2D eigenvalue weighted by molar-refractivity contribution is 7.99. The van der Waals surface area contributed by atoms with Crippen LogP contribution < -0.4 is 10.5 Å². The lowest BCUT2D eigenvalue weighted by Gasteiger charge is -2.06. The van der Waals surface area contributed by atoms with Crippen LogP contribution in [0.5, 0.6) is 5.75 Å². The molecule has 0 aliphatic heterocycles. The first kappa shape index (κ1) is 12.7. The number of rotatable bonds is 3. The molecule has 0 unspecified atom stereocenters. The SMILES string of the molecule is COc1ccc(Sc2nc(N)nc3ccccc23)cc1. The van der Waals surface area contributed by atoms with Crippen molar-refractivity contribution in [1.29, 1.82) is 0 Å². The molecule has 0 amide bonds. The molecule has 0 atom stereocenters. The van der Waals surface area contributed by atoms with Crippen molar-refractivity contribution in [2.45, 2.75) is 9.92 Å². The third-order valence-corrected chi connectivity index (χ3v) is 3.87. The second-order valence-corrected chi connectivity index (χ2v) is 5.24. The van der Waals surface area contributed by atoms with Gasteiger partial charge in [0.05, 0.1) is 12.6 Å². The molecule has 20 heavy (non-hydrogen) atoms. The number of para-hydroxylation sites is 1. The van der Waals surface area contributed by atoms with E-state index >= 15 is 0 Å². The van der Waals surface area contributed by atoms with Crippen molar-refractivity contribution in [3.8, 4) is 5.75 Å². The molecule has 0 aliphatic rings. The minimum absolute atomic E-state index is 0.291. The van der Waals surface area contributed by atoms with Crippen molar-refractivity contribution in [3.63, 3.8) is 0 Å². The van der Waals surface area contributed by atoms with E-state index in [-0.39, 0.29) is 0 Å². The second kappa shape index (κ2) is 5.38. The van der Waals surface area contributed by atoms with Gasteiger partial charge in [-0.1, -0.05) is 30.0 Å². The Morgan fingerprint density at radius 2 is 1.75 bits per heavy atom. The first-order valence-electron chi connectivity index (χ1n) is 6.10. The molecule has 4 nitrogen and oxygen atoms in total. The number of methoxy groups -OCH3 is 1. The fraction of sp³-hybridized carbons (Fsp3) is 0.0667. The molecule has 0 radical (unpaired) electrons. The Hall–Kier alpha value is -2.27. The molecule has 100 valence electrons. The highest BCUT2D eigenvalue weighted by atomic mass is 32.2. The van der Waals surface area contributed by atoms with Gasteiger partial charge in [0.1, 0.15) is 10.8 Å². The minimum Gasteiger partial charge on any atom is -0.497 e. The lowest BCUT2D eigenvalue weighted by atomic mass is 10.2. The second-order valence-electron chi connectivity index (χ2n) is 4.18. The lowest BCUT2D eigenvalue weighted by molar-refractivity contribution is 0.414. The van der Waals surface area contributed by atoms with Gasteiger partial charge in [-0.3, -0.25) is 0 Å². The summed E-state index contributed by atoms with van der Waals surface area (Å²) < 4.78 is 5.15. The fourth-order valence-electron chi connectivity index (χ4n) is 1.90. The van der Waals surface area contributed by atoms with Crippen LogP contribution in [0.1, 0.15) is 0 Å². The number of hydrogen-bond acceptors (Lipinski definition) is 5. The minimum atomic E-state index is 0.291. The van der Waals surface area contributed by atoms with Gasteiger partial charge in [-0.05, 0) is 30.3 Å². The summed E-state index contributed by atoms with van der Waals surface area (Å²) in [5.41, 5.74) is 6.63. The molecule has 0 saturated heterocycles. The van der Waals surface area contributed by atoms with E-state index in [0.717, 1.165) is 26.6 Å². The Bertz CT molecular complexity index is 744. The van der Waals surface area contributed by atoms with Gasteiger partial charge in [0.15, 0.2) is 0 Å². The quantitative estimate of drug-likeness (QED) is 0.747. The molecular weight excluding hydrogens is 270 g/mol. The van der Waals surface area contributed by atoms with Gasteiger partial charge in [0, 0.05) is 10.3 Å². The first-order valence-corrected chi connectivity index (χ1v) is 6.92. The van der Waals surface area contributed by atoms with E-state index in [0.29, 0.717) is 5.95 Å². The molecule has 3 rings (SSSR count). The first-order chi connectivity index (χ1) is 9.76. The van der Waals surface area contributed by atoms with Gasteiger partial charge < -0.3 is 10.5 Å². The fourth-order valence-corrected chi connectivity index (χ4v) is 2.82. The van der Waals surface area contributed by atoms with Crippen LogP contribution in [0, 0.1) is 0 Å². The molecule has 0 saturated carbocycles. The van der Waals surface area contributed by atoms with Crippen LogP contribution in [0.15, 0.2) is 58.5 Å². The number of aromatic nitrogens is 2. The summed E-state index contributed by atoms with van der Waals surface area (Å²) in [6.45, 7) is 0. The van der Waals surface area contributed by atoms with Gasteiger partial charge in [-0.15, -0.1) is 0 Å². The third kappa shape index (κ3) is 2.53. The number of ether oxygens (including phenoxy) is 1. The Morgan fingerprint density at radius 1 is 1.00 bits per heavy atom. The highest BCUT2D eigenvalue weighted by Gasteiger charge is 2.07. The van der Waals surface area contributed by atoms with Crippen molar-refractivity contribution >= 4 is 28.6 Å². The number of nitrogens with zero attached hydrogens (tertiary/aromatic N) is 2. The molecule has 0 aliphatic carbocycles. The molecule has 1 aromatic heterocycles. The average Bonchev–Trinajstić information content (AvgIpc) is 2.48. The van der Waals surface area contributed by atoms with E-state index in [4.69, 9.17) is 10.5 Å². The van der Waals surface area contributed by atoms with Crippen molar-refractivity contribution < 1.29 is 4.74 Å². The smallest absolute Gasteiger partial charge is 0.221 e. The molecule has 1 heterocycles. The average molecular weight is 283 g/mol. The molecule has 0 spiro atoms. The zero-order chi connectivity index (χ0) is 13.9. The summed E-state index contributed by atoms with van der Waals surface area (Å²) in [5, 5.41) is 1.86. The van der Waals surface area contributed by atoms with Gasteiger partial charge in [-0.2, -0.15) is 0 Å². The summed E-state index contributed by atoms with van der Waals surface area (Å²) in [7, 11) is 1.65. The predicted octanol–water partition coefficient (Wildman–Crippen LogP) is 3.37. The van der Waals surface area contributed by atoms with Crippen molar-refractivity contribution in [2.24, 2.45) is 0 Å².